The Balaban J connectivity index is 1.68. The minimum absolute atomic E-state index is 0.0380. The molecular weight excluding hydrogens is 449 g/mol. The van der Waals surface area contributed by atoms with Crippen LogP contribution in [0.5, 0.6) is 5.75 Å². The van der Waals surface area contributed by atoms with E-state index in [0.717, 1.165) is 18.4 Å². The summed E-state index contributed by atoms with van der Waals surface area (Å²) in [6.45, 7) is 4.69. The number of carbonyl (C=O) groups excluding carboxylic acids is 3. The molecule has 35 heavy (non-hydrogen) atoms. The normalized spacial score (nSPS) is 17.7. The van der Waals surface area contributed by atoms with E-state index in [1.807, 2.05) is 29.2 Å². The standard InChI is InChI=1S/C27H34FN3O4/c1-4-5-16-31-24(32)13-12-21(25(31)20-8-6-7-9-23(20)35-3)27(34)30-15-14-29-26(33)19-11-10-18(2)22(28)17-19/h6-11,17,21,25H,4-5,12-16H2,1-3H3,(H,29,33)(H,30,34). The number of hydrogen-bond acceptors (Lipinski definition) is 4. The molecular formula is C27H34FN3O4. The lowest BCUT2D eigenvalue weighted by Gasteiger charge is -2.41. The molecule has 0 aliphatic carbocycles. The van der Waals surface area contributed by atoms with Gasteiger partial charge in [-0.05, 0) is 43.5 Å². The number of likely N-dealkylation sites (tertiary alicyclic amines) is 1. The zero-order valence-corrected chi connectivity index (χ0v) is 20.6. The van der Waals surface area contributed by atoms with Crippen molar-refractivity contribution in [2.24, 2.45) is 5.92 Å². The molecule has 3 rings (SSSR count). The van der Waals surface area contributed by atoms with E-state index < -0.39 is 23.7 Å². The molecule has 0 radical (unpaired) electrons. The first-order valence-corrected chi connectivity index (χ1v) is 12.1. The van der Waals surface area contributed by atoms with Gasteiger partial charge in [0.15, 0.2) is 0 Å². The predicted molar refractivity (Wildman–Crippen MR) is 132 cm³/mol. The number of carbonyl (C=O) groups is 3. The van der Waals surface area contributed by atoms with Gasteiger partial charge in [0.2, 0.25) is 11.8 Å². The van der Waals surface area contributed by atoms with Gasteiger partial charge in [-0.15, -0.1) is 0 Å². The third kappa shape index (κ3) is 6.38. The lowest BCUT2D eigenvalue weighted by molar-refractivity contribution is -0.143. The van der Waals surface area contributed by atoms with Crippen molar-refractivity contribution < 1.29 is 23.5 Å². The first-order chi connectivity index (χ1) is 16.9. The van der Waals surface area contributed by atoms with Gasteiger partial charge in [0.05, 0.1) is 19.1 Å². The molecule has 7 nitrogen and oxygen atoms in total. The number of ether oxygens (including phenoxy) is 1. The van der Waals surface area contributed by atoms with Crippen molar-refractivity contribution in [3.63, 3.8) is 0 Å². The number of hydrogen-bond donors (Lipinski definition) is 2. The van der Waals surface area contributed by atoms with E-state index in [1.165, 1.54) is 6.07 Å². The molecule has 188 valence electrons. The van der Waals surface area contributed by atoms with Crippen LogP contribution in [-0.2, 0) is 9.59 Å². The second-order valence-electron chi connectivity index (χ2n) is 8.78. The van der Waals surface area contributed by atoms with Crippen molar-refractivity contribution >= 4 is 17.7 Å². The number of amides is 3. The summed E-state index contributed by atoms with van der Waals surface area (Å²) >= 11 is 0. The lowest BCUT2D eigenvalue weighted by Crippen LogP contribution is -2.49. The van der Waals surface area contributed by atoms with E-state index in [-0.39, 0.29) is 30.5 Å². The first-order valence-electron chi connectivity index (χ1n) is 12.1. The molecule has 1 fully saturated rings. The molecule has 0 spiro atoms. The van der Waals surface area contributed by atoms with Crippen LogP contribution in [0.2, 0.25) is 0 Å². The van der Waals surface area contributed by atoms with Crippen LogP contribution in [0.4, 0.5) is 4.39 Å². The fraction of sp³-hybridized carbons (Fsp3) is 0.444. The molecule has 0 saturated carbocycles. The number of unbranched alkanes of at least 4 members (excludes halogenated alkanes) is 1. The second-order valence-corrected chi connectivity index (χ2v) is 8.78. The summed E-state index contributed by atoms with van der Waals surface area (Å²) < 4.78 is 19.3. The summed E-state index contributed by atoms with van der Waals surface area (Å²) in [4.78, 5) is 40.2. The first kappa shape index (κ1) is 26.2. The highest BCUT2D eigenvalue weighted by molar-refractivity contribution is 5.94. The van der Waals surface area contributed by atoms with Gasteiger partial charge in [-0.25, -0.2) is 4.39 Å². The van der Waals surface area contributed by atoms with Crippen molar-refractivity contribution in [3.05, 3.63) is 65.0 Å². The minimum atomic E-state index is -0.442. The number of halogens is 1. The number of piperidine rings is 1. The molecule has 0 bridgehead atoms. The molecule has 1 aliphatic rings. The van der Waals surface area contributed by atoms with Gasteiger partial charge in [-0.3, -0.25) is 14.4 Å². The molecule has 0 aromatic heterocycles. The van der Waals surface area contributed by atoms with E-state index >= 15 is 0 Å². The molecule has 8 heteroatoms. The van der Waals surface area contributed by atoms with E-state index in [0.29, 0.717) is 30.7 Å². The van der Waals surface area contributed by atoms with E-state index in [9.17, 15) is 18.8 Å². The van der Waals surface area contributed by atoms with Gasteiger partial charge in [0, 0.05) is 37.2 Å². The smallest absolute Gasteiger partial charge is 0.251 e. The highest BCUT2D eigenvalue weighted by Crippen LogP contribution is 2.40. The Morgan fingerprint density at radius 3 is 2.60 bits per heavy atom. The molecule has 2 atom stereocenters. The van der Waals surface area contributed by atoms with Crippen molar-refractivity contribution in [2.75, 3.05) is 26.7 Å². The average molecular weight is 484 g/mol. The van der Waals surface area contributed by atoms with Crippen LogP contribution >= 0.6 is 0 Å². The van der Waals surface area contributed by atoms with Crippen LogP contribution < -0.4 is 15.4 Å². The van der Waals surface area contributed by atoms with Crippen LogP contribution in [0.25, 0.3) is 0 Å². The number of methoxy groups -OCH3 is 1. The topological polar surface area (TPSA) is 87.7 Å². The zero-order chi connectivity index (χ0) is 25.4. The Hall–Kier alpha value is -3.42. The summed E-state index contributed by atoms with van der Waals surface area (Å²) in [6.07, 6.45) is 2.52. The number of aryl methyl sites for hydroxylation is 1. The molecule has 1 saturated heterocycles. The van der Waals surface area contributed by atoms with Gasteiger partial charge in [0.25, 0.3) is 5.91 Å². The van der Waals surface area contributed by atoms with Gasteiger partial charge in [-0.2, -0.15) is 0 Å². The predicted octanol–water partition coefficient (Wildman–Crippen LogP) is 3.77. The fourth-order valence-electron chi connectivity index (χ4n) is 4.44. The number of para-hydroxylation sites is 1. The van der Waals surface area contributed by atoms with Crippen molar-refractivity contribution in [2.45, 2.75) is 45.6 Å². The van der Waals surface area contributed by atoms with E-state index in [1.54, 1.807) is 26.2 Å². The third-order valence-electron chi connectivity index (χ3n) is 6.40. The third-order valence-corrected chi connectivity index (χ3v) is 6.40. The molecule has 2 unspecified atom stereocenters. The molecule has 2 aromatic carbocycles. The maximum atomic E-state index is 13.7. The lowest BCUT2D eigenvalue weighted by atomic mass is 9.83. The summed E-state index contributed by atoms with van der Waals surface area (Å²) in [5.74, 6) is -0.778. The monoisotopic (exact) mass is 483 g/mol. The Bertz CT molecular complexity index is 1060. The number of nitrogens with zero attached hydrogens (tertiary/aromatic N) is 1. The second kappa shape index (κ2) is 12.3. The highest BCUT2D eigenvalue weighted by Gasteiger charge is 2.41. The molecule has 1 aliphatic heterocycles. The van der Waals surface area contributed by atoms with Crippen molar-refractivity contribution in [3.8, 4) is 5.75 Å². The number of benzene rings is 2. The number of rotatable bonds is 10. The molecule has 3 amide bonds. The Labute approximate surface area is 206 Å². The minimum Gasteiger partial charge on any atom is -0.496 e. The average Bonchev–Trinajstić information content (AvgIpc) is 2.87. The van der Waals surface area contributed by atoms with Crippen LogP contribution in [0, 0.1) is 18.7 Å². The Morgan fingerprint density at radius 1 is 1.14 bits per heavy atom. The summed E-state index contributed by atoms with van der Waals surface area (Å²) in [6, 6.07) is 11.4. The summed E-state index contributed by atoms with van der Waals surface area (Å²) in [7, 11) is 1.58. The Kier molecular flexibility index (Phi) is 9.23. The fourth-order valence-corrected chi connectivity index (χ4v) is 4.44. The van der Waals surface area contributed by atoms with Gasteiger partial charge >= 0.3 is 0 Å². The molecule has 2 N–H and O–H groups in total. The van der Waals surface area contributed by atoms with Gasteiger partial charge in [-0.1, -0.05) is 37.6 Å². The summed E-state index contributed by atoms with van der Waals surface area (Å²) in [5.41, 5.74) is 1.51. The summed E-state index contributed by atoms with van der Waals surface area (Å²) in [5, 5.41) is 5.61. The van der Waals surface area contributed by atoms with E-state index in [4.69, 9.17) is 4.74 Å². The zero-order valence-electron chi connectivity index (χ0n) is 20.6. The largest absolute Gasteiger partial charge is 0.496 e. The quantitative estimate of drug-likeness (QED) is 0.504. The van der Waals surface area contributed by atoms with Crippen LogP contribution in [0.3, 0.4) is 0 Å². The van der Waals surface area contributed by atoms with Crippen LogP contribution in [0.15, 0.2) is 42.5 Å². The van der Waals surface area contributed by atoms with Crippen LogP contribution in [0.1, 0.15) is 60.1 Å². The van der Waals surface area contributed by atoms with Crippen molar-refractivity contribution in [1.29, 1.82) is 0 Å². The molecule has 2 aromatic rings. The van der Waals surface area contributed by atoms with Crippen LogP contribution in [-0.4, -0.2) is 49.4 Å². The number of nitrogens with one attached hydrogen (secondary N) is 2. The molecule has 1 heterocycles. The van der Waals surface area contributed by atoms with Gasteiger partial charge < -0.3 is 20.3 Å². The SMILES string of the molecule is CCCCN1C(=O)CCC(C(=O)NCCNC(=O)c2ccc(C)c(F)c2)C1c1ccccc1OC. The highest BCUT2D eigenvalue weighted by atomic mass is 19.1. The maximum absolute atomic E-state index is 13.7. The van der Waals surface area contributed by atoms with Gasteiger partial charge in [0.1, 0.15) is 11.6 Å². The van der Waals surface area contributed by atoms with E-state index in [2.05, 4.69) is 17.6 Å². The maximum Gasteiger partial charge on any atom is 0.251 e. The Morgan fingerprint density at radius 2 is 1.89 bits per heavy atom. The van der Waals surface area contributed by atoms with Crippen molar-refractivity contribution in [1.82, 2.24) is 15.5 Å².